The van der Waals surface area contributed by atoms with Crippen LogP contribution in [0.4, 0.5) is 15.3 Å². The molecule has 6 rings (SSSR count). The third-order valence-electron chi connectivity index (χ3n) is 13.0. The van der Waals surface area contributed by atoms with Gasteiger partial charge in [-0.05, 0) is 96.9 Å². The largest absolute Gasteiger partial charge is 0.508 e. The van der Waals surface area contributed by atoms with Gasteiger partial charge in [0.2, 0.25) is 23.6 Å². The predicted octanol–water partition coefficient (Wildman–Crippen LogP) is 4.84. The summed E-state index contributed by atoms with van der Waals surface area (Å²) < 4.78 is 9.55. The molecule has 16 heteroatoms. The Balaban J connectivity index is 1.32. The predicted molar refractivity (Wildman–Crippen MR) is 230 cm³/mol. The maximum atomic E-state index is 14.1. The number of phenols is 1. The lowest BCUT2D eigenvalue weighted by Gasteiger charge is -2.39. The molecule has 3 saturated heterocycles. The number of nitrogens with two attached hydrogens (primary N) is 2. The van der Waals surface area contributed by atoms with Gasteiger partial charge in [0.15, 0.2) is 0 Å². The number of hydrogen-bond acceptors (Lipinski definition) is 10. The minimum Gasteiger partial charge on any atom is -0.508 e. The van der Waals surface area contributed by atoms with Crippen molar-refractivity contribution in [2.45, 2.75) is 101 Å². The molecule has 3 aromatic carbocycles. The fraction of sp³-hybridized carbons (Fsp3) is 0.478. The zero-order chi connectivity index (χ0) is 45.1. The van der Waals surface area contributed by atoms with E-state index < -0.39 is 59.0 Å². The highest BCUT2D eigenvalue weighted by atomic mass is 16.5. The smallest absolute Gasteiger partial charge is 0.407 e. The summed E-state index contributed by atoms with van der Waals surface area (Å²) in [5.41, 5.74) is 13.4. The number of nitrogens with zero attached hydrogens (tertiary/aromatic N) is 3. The quantitative estimate of drug-likeness (QED) is 0.157. The van der Waals surface area contributed by atoms with Crippen molar-refractivity contribution in [1.82, 2.24) is 20.4 Å². The molecule has 16 nitrogen and oxygen atoms in total. The highest BCUT2D eigenvalue weighted by Gasteiger charge is 2.53. The van der Waals surface area contributed by atoms with E-state index in [0.29, 0.717) is 36.8 Å². The summed E-state index contributed by atoms with van der Waals surface area (Å²) in [7, 11) is 2.45. The Labute approximate surface area is 362 Å². The Kier molecular flexibility index (Phi) is 13.4. The highest BCUT2D eigenvalue weighted by Crippen LogP contribution is 2.49. The summed E-state index contributed by atoms with van der Waals surface area (Å²) in [4.78, 5) is 84.7. The number of primary amides is 2. The van der Waals surface area contributed by atoms with Crippen LogP contribution in [0.25, 0.3) is 0 Å². The van der Waals surface area contributed by atoms with Crippen LogP contribution in [0.5, 0.6) is 5.75 Å². The molecule has 0 aliphatic carbocycles. The second-order valence-electron chi connectivity index (χ2n) is 17.1. The number of carbonyl (C=O) groups is 6. The van der Waals surface area contributed by atoms with E-state index in [2.05, 4.69) is 15.5 Å². The van der Waals surface area contributed by atoms with Crippen molar-refractivity contribution in [3.8, 4) is 5.75 Å². The van der Waals surface area contributed by atoms with Gasteiger partial charge in [-0.1, -0.05) is 76.2 Å². The normalized spacial score (nSPS) is 23.3. The van der Waals surface area contributed by atoms with Gasteiger partial charge in [0.05, 0.1) is 26.3 Å². The molecular formula is C46H59N7O9. The van der Waals surface area contributed by atoms with Crippen molar-refractivity contribution in [2.24, 2.45) is 23.3 Å². The van der Waals surface area contributed by atoms with Crippen molar-refractivity contribution in [3.05, 3.63) is 95.1 Å². The minimum atomic E-state index is -1.42. The van der Waals surface area contributed by atoms with Gasteiger partial charge in [-0.2, -0.15) is 0 Å². The van der Waals surface area contributed by atoms with Crippen LogP contribution < -0.4 is 27.0 Å². The van der Waals surface area contributed by atoms with Crippen molar-refractivity contribution >= 4 is 41.5 Å². The summed E-state index contributed by atoms with van der Waals surface area (Å²) in [5.74, 6) is -2.62. The van der Waals surface area contributed by atoms with Gasteiger partial charge in [0, 0.05) is 18.8 Å². The molecule has 0 radical (unpaired) electrons. The third kappa shape index (κ3) is 8.21. The lowest BCUT2D eigenvalue weighted by atomic mass is 9.84. The number of likely N-dealkylation sites (tertiary alicyclic amines) is 2. The number of hydrogen-bond donors (Lipinski definition) is 5. The number of methoxy groups -OCH3 is 2. The Morgan fingerprint density at radius 2 is 1.00 bits per heavy atom. The molecule has 332 valence electrons. The van der Waals surface area contributed by atoms with Gasteiger partial charge >= 0.3 is 12.2 Å². The van der Waals surface area contributed by atoms with Crippen molar-refractivity contribution in [1.29, 1.82) is 0 Å². The van der Waals surface area contributed by atoms with Crippen LogP contribution in [-0.2, 0) is 39.7 Å². The van der Waals surface area contributed by atoms with Gasteiger partial charge in [-0.15, -0.1) is 0 Å². The molecule has 7 N–H and O–H groups in total. The van der Waals surface area contributed by atoms with Crippen LogP contribution in [0.1, 0.15) is 101 Å². The van der Waals surface area contributed by atoms with Gasteiger partial charge in [-0.3, -0.25) is 19.2 Å². The summed E-state index contributed by atoms with van der Waals surface area (Å²) in [5, 5.41) is 15.5. The van der Waals surface area contributed by atoms with Crippen LogP contribution in [-0.4, -0.2) is 90.1 Å². The molecule has 6 amide bonds. The molecule has 0 unspecified atom stereocenters. The number of nitrogens with one attached hydrogen (secondary N) is 2. The maximum Gasteiger partial charge on any atom is 0.407 e. The van der Waals surface area contributed by atoms with E-state index in [9.17, 15) is 33.9 Å². The summed E-state index contributed by atoms with van der Waals surface area (Å²) in [6, 6.07) is 20.1. The Hall–Kier alpha value is -6.32. The Morgan fingerprint density at radius 1 is 0.629 bits per heavy atom. The molecular weight excluding hydrogens is 795 g/mol. The van der Waals surface area contributed by atoms with Crippen LogP contribution in [0.2, 0.25) is 0 Å². The monoisotopic (exact) mass is 853 g/mol. The molecule has 3 heterocycles. The van der Waals surface area contributed by atoms with Crippen LogP contribution >= 0.6 is 0 Å². The number of aromatic hydroxyl groups is 1. The van der Waals surface area contributed by atoms with E-state index in [1.807, 2.05) is 60.7 Å². The minimum absolute atomic E-state index is 0.123. The molecule has 0 bridgehead atoms. The van der Waals surface area contributed by atoms with E-state index >= 15 is 0 Å². The molecule has 3 aromatic rings. The first-order chi connectivity index (χ1) is 29.5. The lowest BCUT2D eigenvalue weighted by Crippen LogP contribution is -2.59. The number of anilines is 1. The fourth-order valence-corrected chi connectivity index (χ4v) is 9.78. The number of amides is 6. The lowest BCUT2D eigenvalue weighted by molar-refractivity contribution is -0.146. The molecule has 3 aliphatic rings. The first-order valence-electron chi connectivity index (χ1n) is 21.2. The number of ether oxygens (including phenoxy) is 2. The van der Waals surface area contributed by atoms with Crippen LogP contribution in [0.15, 0.2) is 72.8 Å². The molecule has 3 aliphatic heterocycles. The van der Waals surface area contributed by atoms with E-state index in [1.54, 1.807) is 39.8 Å². The van der Waals surface area contributed by atoms with E-state index in [4.69, 9.17) is 20.9 Å². The van der Waals surface area contributed by atoms with E-state index in [0.717, 1.165) is 29.7 Å². The SMILES string of the molecule is COC(=O)N[C@H](C(=O)N1CCC[C@@]1(C(N)=O)c1ccc([C@H]2CC[C@H](c3ccc([C@]4(C(N)=O)CCCN4C(=O)[C@@H](NC(=O)OC)C(C)C)cc3)N2c2ccc(O)cc2)cc1)C(C)C. The van der Waals surface area contributed by atoms with Gasteiger partial charge in [0.25, 0.3) is 0 Å². The number of phenolic OH excluding ortho intramolecular Hbond substituents is 1. The van der Waals surface area contributed by atoms with E-state index in [1.165, 1.54) is 24.0 Å². The maximum absolute atomic E-state index is 14.1. The average molecular weight is 854 g/mol. The van der Waals surface area contributed by atoms with Gasteiger partial charge < -0.3 is 51.4 Å². The third-order valence-corrected chi connectivity index (χ3v) is 13.0. The fourth-order valence-electron chi connectivity index (χ4n) is 9.78. The second kappa shape index (κ2) is 18.3. The first-order valence-corrected chi connectivity index (χ1v) is 21.2. The summed E-state index contributed by atoms with van der Waals surface area (Å²) in [6.45, 7) is 7.79. The van der Waals surface area contributed by atoms with Crippen molar-refractivity contribution in [2.75, 3.05) is 32.2 Å². The van der Waals surface area contributed by atoms with Crippen LogP contribution in [0.3, 0.4) is 0 Å². The van der Waals surface area contributed by atoms with Crippen molar-refractivity contribution < 1.29 is 43.3 Å². The molecule has 0 aromatic heterocycles. The Bertz CT molecular complexity index is 2020. The highest BCUT2D eigenvalue weighted by molar-refractivity contribution is 5.96. The first kappa shape index (κ1) is 45.2. The number of rotatable bonds is 13. The Morgan fingerprint density at radius 3 is 1.32 bits per heavy atom. The molecule has 6 atom stereocenters. The molecule has 3 fully saturated rings. The van der Waals surface area contributed by atoms with Crippen molar-refractivity contribution in [3.63, 3.8) is 0 Å². The number of carbonyl (C=O) groups excluding carboxylic acids is 6. The zero-order valence-electron chi connectivity index (χ0n) is 36.3. The number of benzene rings is 3. The topological polar surface area (TPSA) is 227 Å². The molecule has 0 spiro atoms. The summed E-state index contributed by atoms with van der Waals surface area (Å²) in [6.07, 6.45) is 1.71. The molecule has 62 heavy (non-hydrogen) atoms. The van der Waals surface area contributed by atoms with Crippen LogP contribution in [0, 0.1) is 11.8 Å². The van der Waals surface area contributed by atoms with Gasteiger partial charge in [0.1, 0.15) is 28.9 Å². The van der Waals surface area contributed by atoms with Gasteiger partial charge in [-0.25, -0.2) is 9.59 Å². The molecule has 0 saturated carbocycles. The zero-order valence-corrected chi connectivity index (χ0v) is 36.3. The number of alkyl carbamates (subject to hydrolysis) is 2. The second-order valence-corrected chi connectivity index (χ2v) is 17.1. The average Bonchev–Trinajstić information content (AvgIpc) is 4.03. The van der Waals surface area contributed by atoms with E-state index in [-0.39, 0.29) is 42.8 Å². The summed E-state index contributed by atoms with van der Waals surface area (Å²) >= 11 is 0. The standard InChI is InChI=1S/C46H59N7O9/c1-27(2)37(49-43(59)61-5)39(55)51-25-7-23-45(51,41(47)57)31-13-9-29(10-14-31)35-21-22-36(53(35)33-17-19-34(54)20-18-33)30-11-15-32(16-12-30)46(42(48)58)24-8-26-52(46)40(56)38(28(3)4)50-44(60)62-6/h9-20,27-28,35-38,54H,7-8,21-26H2,1-6H3,(H2,47,57)(H2,48,58)(H,49,59)(H,50,60)/t35-,36-,37+,38+,45+,46+/m1/s1.